The summed E-state index contributed by atoms with van der Waals surface area (Å²) in [6.07, 6.45) is 3.17. The summed E-state index contributed by atoms with van der Waals surface area (Å²) < 4.78 is 10.7. The van der Waals surface area contributed by atoms with Gasteiger partial charge in [-0.15, -0.1) is 0 Å². The third kappa shape index (κ3) is 3.93. The van der Waals surface area contributed by atoms with Crippen LogP contribution in [0, 0.1) is 0 Å². The molecule has 0 aliphatic heterocycles. The molecular formula is C13H17ClO3. The van der Waals surface area contributed by atoms with Crippen LogP contribution in [-0.2, 0) is 0 Å². The molecule has 4 heteroatoms. The fraction of sp³-hybridized carbons (Fsp3) is 0.462. The minimum Gasteiger partial charge on any atom is -0.493 e. The normalized spacial score (nSPS) is 10.1. The van der Waals surface area contributed by atoms with Gasteiger partial charge in [0.05, 0.1) is 19.3 Å². The van der Waals surface area contributed by atoms with Crippen molar-refractivity contribution >= 4 is 16.8 Å². The van der Waals surface area contributed by atoms with E-state index in [0.29, 0.717) is 23.7 Å². The highest BCUT2D eigenvalue weighted by Crippen LogP contribution is 2.32. The van der Waals surface area contributed by atoms with Crippen LogP contribution in [0.15, 0.2) is 18.2 Å². The predicted octanol–water partition coefficient (Wildman–Crippen LogP) is 3.64. The second-order valence-electron chi connectivity index (χ2n) is 3.67. The first-order valence-electron chi connectivity index (χ1n) is 5.70. The van der Waals surface area contributed by atoms with E-state index in [0.717, 1.165) is 19.3 Å². The lowest BCUT2D eigenvalue weighted by atomic mass is 10.2. The SMILES string of the molecule is CCCCCOc1c(OC)cccc1C(=O)Cl. The van der Waals surface area contributed by atoms with Crippen LogP contribution < -0.4 is 9.47 Å². The number of halogens is 1. The molecule has 0 bridgehead atoms. The van der Waals surface area contributed by atoms with Gasteiger partial charge in [0, 0.05) is 0 Å². The molecule has 0 radical (unpaired) electrons. The zero-order valence-electron chi connectivity index (χ0n) is 10.2. The van der Waals surface area contributed by atoms with Gasteiger partial charge in [-0.3, -0.25) is 4.79 Å². The second-order valence-corrected chi connectivity index (χ2v) is 4.01. The highest BCUT2D eigenvalue weighted by molar-refractivity contribution is 6.68. The van der Waals surface area contributed by atoms with Crippen LogP contribution in [0.2, 0.25) is 0 Å². The Morgan fingerprint density at radius 2 is 2.12 bits per heavy atom. The summed E-state index contributed by atoms with van der Waals surface area (Å²) in [7, 11) is 1.54. The molecule has 3 nitrogen and oxygen atoms in total. The Morgan fingerprint density at radius 1 is 1.35 bits per heavy atom. The molecule has 0 unspecified atom stereocenters. The van der Waals surface area contributed by atoms with Gasteiger partial charge in [0.1, 0.15) is 0 Å². The fourth-order valence-corrected chi connectivity index (χ4v) is 1.66. The molecule has 94 valence electrons. The molecule has 0 amide bonds. The number of methoxy groups -OCH3 is 1. The van der Waals surface area contributed by atoms with Gasteiger partial charge >= 0.3 is 0 Å². The molecule has 17 heavy (non-hydrogen) atoms. The summed E-state index contributed by atoms with van der Waals surface area (Å²) >= 11 is 5.50. The Balaban J connectivity index is 2.82. The Morgan fingerprint density at radius 3 is 2.71 bits per heavy atom. The molecule has 0 atom stereocenters. The first kappa shape index (κ1) is 13.8. The number of benzene rings is 1. The van der Waals surface area contributed by atoms with E-state index < -0.39 is 5.24 Å². The molecule has 1 rings (SSSR count). The Hall–Kier alpha value is -1.22. The second kappa shape index (κ2) is 7.17. The highest BCUT2D eigenvalue weighted by Gasteiger charge is 2.15. The molecule has 0 aromatic heterocycles. The molecule has 0 saturated heterocycles. The van der Waals surface area contributed by atoms with Crippen LogP contribution in [0.25, 0.3) is 0 Å². The van der Waals surface area contributed by atoms with E-state index >= 15 is 0 Å². The first-order valence-corrected chi connectivity index (χ1v) is 6.08. The topological polar surface area (TPSA) is 35.5 Å². The molecular weight excluding hydrogens is 240 g/mol. The maximum absolute atomic E-state index is 11.3. The number of ether oxygens (including phenoxy) is 2. The third-order valence-electron chi connectivity index (χ3n) is 2.40. The van der Waals surface area contributed by atoms with Crippen molar-refractivity contribution < 1.29 is 14.3 Å². The van der Waals surface area contributed by atoms with E-state index in [1.807, 2.05) is 0 Å². The van der Waals surface area contributed by atoms with Crippen molar-refractivity contribution in [1.29, 1.82) is 0 Å². The molecule has 0 aliphatic carbocycles. The number of hydrogen-bond acceptors (Lipinski definition) is 3. The monoisotopic (exact) mass is 256 g/mol. The summed E-state index contributed by atoms with van der Waals surface area (Å²) in [5.41, 5.74) is 0.350. The lowest BCUT2D eigenvalue weighted by Crippen LogP contribution is -2.03. The molecule has 1 aromatic rings. The van der Waals surface area contributed by atoms with E-state index in [9.17, 15) is 4.79 Å². The highest BCUT2D eigenvalue weighted by atomic mass is 35.5. The van der Waals surface area contributed by atoms with Crippen molar-refractivity contribution in [3.05, 3.63) is 23.8 Å². The molecule has 0 heterocycles. The number of rotatable bonds is 7. The van der Waals surface area contributed by atoms with Crippen LogP contribution in [0.5, 0.6) is 11.5 Å². The Labute approximate surface area is 107 Å². The van der Waals surface area contributed by atoms with E-state index in [1.54, 1.807) is 18.2 Å². The zero-order valence-corrected chi connectivity index (χ0v) is 10.9. The summed E-state index contributed by atoms with van der Waals surface area (Å²) in [6, 6.07) is 5.10. The summed E-state index contributed by atoms with van der Waals surface area (Å²) in [6.45, 7) is 2.68. The molecule has 0 aliphatic rings. The Bertz CT molecular complexity index is 377. The van der Waals surface area contributed by atoms with Crippen LogP contribution in [0.3, 0.4) is 0 Å². The molecule has 0 N–H and O–H groups in total. The summed E-state index contributed by atoms with van der Waals surface area (Å²) in [4.78, 5) is 11.3. The van der Waals surface area contributed by atoms with Crippen LogP contribution >= 0.6 is 11.6 Å². The molecule has 0 saturated carbocycles. The van der Waals surface area contributed by atoms with Gasteiger partial charge < -0.3 is 9.47 Å². The third-order valence-corrected chi connectivity index (χ3v) is 2.61. The van der Waals surface area contributed by atoms with Crippen molar-refractivity contribution in [2.75, 3.05) is 13.7 Å². The van der Waals surface area contributed by atoms with Crippen LogP contribution in [-0.4, -0.2) is 19.0 Å². The molecule has 0 spiro atoms. The maximum Gasteiger partial charge on any atom is 0.256 e. The largest absolute Gasteiger partial charge is 0.493 e. The van der Waals surface area contributed by atoms with E-state index in [2.05, 4.69) is 6.92 Å². The van der Waals surface area contributed by atoms with Crippen LogP contribution in [0.4, 0.5) is 0 Å². The molecule has 0 fully saturated rings. The smallest absolute Gasteiger partial charge is 0.256 e. The lowest BCUT2D eigenvalue weighted by molar-refractivity contribution is 0.107. The van der Waals surface area contributed by atoms with Gasteiger partial charge in [-0.2, -0.15) is 0 Å². The standard InChI is InChI=1S/C13H17ClO3/c1-3-4-5-9-17-12-10(13(14)15)7-6-8-11(12)16-2/h6-8H,3-5,9H2,1-2H3. The number of carbonyl (C=O) groups excluding carboxylic acids is 1. The van der Waals surface area contributed by atoms with Gasteiger partial charge in [0.15, 0.2) is 11.5 Å². The van der Waals surface area contributed by atoms with E-state index in [4.69, 9.17) is 21.1 Å². The Kier molecular flexibility index (Phi) is 5.84. The van der Waals surface area contributed by atoms with Gasteiger partial charge in [-0.05, 0) is 30.2 Å². The van der Waals surface area contributed by atoms with E-state index in [1.165, 1.54) is 7.11 Å². The van der Waals surface area contributed by atoms with Gasteiger partial charge in [0.2, 0.25) is 0 Å². The van der Waals surface area contributed by atoms with Crippen molar-refractivity contribution in [2.45, 2.75) is 26.2 Å². The minimum absolute atomic E-state index is 0.350. The number of unbranched alkanes of at least 4 members (excludes halogenated alkanes) is 2. The maximum atomic E-state index is 11.3. The number of hydrogen-bond donors (Lipinski definition) is 0. The zero-order chi connectivity index (χ0) is 12.7. The minimum atomic E-state index is -0.533. The van der Waals surface area contributed by atoms with Crippen molar-refractivity contribution in [1.82, 2.24) is 0 Å². The summed E-state index contributed by atoms with van der Waals surface area (Å²) in [5, 5.41) is -0.533. The van der Waals surface area contributed by atoms with Crippen LogP contribution in [0.1, 0.15) is 36.5 Å². The summed E-state index contributed by atoms with van der Waals surface area (Å²) in [5.74, 6) is 0.971. The van der Waals surface area contributed by atoms with Gasteiger partial charge in [-0.25, -0.2) is 0 Å². The van der Waals surface area contributed by atoms with Crippen molar-refractivity contribution in [2.24, 2.45) is 0 Å². The van der Waals surface area contributed by atoms with Crippen molar-refractivity contribution in [3.8, 4) is 11.5 Å². The average molecular weight is 257 g/mol. The van der Waals surface area contributed by atoms with Gasteiger partial charge in [-0.1, -0.05) is 25.8 Å². The predicted molar refractivity (Wildman–Crippen MR) is 68.2 cm³/mol. The van der Waals surface area contributed by atoms with Crippen molar-refractivity contribution in [3.63, 3.8) is 0 Å². The van der Waals surface area contributed by atoms with Gasteiger partial charge in [0.25, 0.3) is 5.24 Å². The fourth-order valence-electron chi connectivity index (χ4n) is 1.51. The average Bonchev–Trinajstić information content (AvgIpc) is 2.34. The molecule has 1 aromatic carbocycles. The number of para-hydroxylation sites is 1. The quantitative estimate of drug-likeness (QED) is 0.552. The first-order chi connectivity index (χ1) is 8.20. The number of carbonyl (C=O) groups is 1. The van der Waals surface area contributed by atoms with E-state index in [-0.39, 0.29) is 0 Å². The lowest BCUT2D eigenvalue weighted by Gasteiger charge is -2.12.